The Kier molecular flexibility index (Phi) is 3.42. The third-order valence-corrected chi connectivity index (χ3v) is 3.62. The second-order valence-corrected chi connectivity index (χ2v) is 4.90. The van der Waals surface area contributed by atoms with E-state index in [1.54, 1.807) is 0 Å². The Labute approximate surface area is 118 Å². The van der Waals surface area contributed by atoms with Crippen molar-refractivity contribution in [2.75, 3.05) is 6.61 Å². The highest BCUT2D eigenvalue weighted by atomic mass is 16.5. The molecule has 0 spiro atoms. The molecule has 0 amide bonds. The molecule has 0 atom stereocenters. The summed E-state index contributed by atoms with van der Waals surface area (Å²) in [5.74, 6) is 1.88. The van der Waals surface area contributed by atoms with Crippen LogP contribution in [0.2, 0.25) is 0 Å². The van der Waals surface area contributed by atoms with E-state index in [2.05, 4.69) is 15.6 Å². The maximum atomic E-state index is 9.43. The monoisotopic (exact) mass is 267 g/mol. The Morgan fingerprint density at radius 2 is 2.10 bits per heavy atom. The Hall–Kier alpha value is -2.28. The predicted octanol–water partition coefficient (Wildman–Crippen LogP) is 3.16. The highest BCUT2D eigenvalue weighted by Gasteiger charge is 2.20. The zero-order chi connectivity index (χ0) is 13.9. The Morgan fingerprint density at radius 3 is 2.80 bits per heavy atom. The number of nitrogens with zero attached hydrogens (tertiary/aromatic N) is 3. The molecule has 0 saturated heterocycles. The van der Waals surface area contributed by atoms with Gasteiger partial charge in [0.15, 0.2) is 0 Å². The van der Waals surface area contributed by atoms with E-state index in [0.29, 0.717) is 12.3 Å². The van der Waals surface area contributed by atoms with Gasteiger partial charge in [0.25, 0.3) is 0 Å². The van der Waals surface area contributed by atoms with Gasteiger partial charge in [0.05, 0.1) is 6.61 Å². The first kappa shape index (κ1) is 12.7. The van der Waals surface area contributed by atoms with Crippen LogP contribution in [0.3, 0.4) is 0 Å². The number of imidazole rings is 1. The van der Waals surface area contributed by atoms with Crippen LogP contribution in [0.1, 0.15) is 31.3 Å². The number of benzene rings is 1. The maximum absolute atomic E-state index is 9.43. The number of hydrogen-bond donors (Lipinski definition) is 0. The van der Waals surface area contributed by atoms with Crippen LogP contribution < -0.4 is 4.74 Å². The standard InChI is InChI=1S/C16H17N3O/c1-2-20-13-8-6-12(7-9-13)16-14(11-17)19-10-4-3-5-15(19)18-16/h6-9H,2-5,10H2,1H3. The van der Waals surface area contributed by atoms with Gasteiger partial charge < -0.3 is 9.30 Å². The smallest absolute Gasteiger partial charge is 0.148 e. The molecule has 2 heterocycles. The third-order valence-electron chi connectivity index (χ3n) is 3.62. The minimum Gasteiger partial charge on any atom is -0.494 e. The second-order valence-electron chi connectivity index (χ2n) is 4.90. The first-order chi connectivity index (χ1) is 9.83. The number of fused-ring (bicyclic) bond motifs is 1. The average Bonchev–Trinajstić information content (AvgIpc) is 2.87. The molecule has 4 nitrogen and oxygen atoms in total. The summed E-state index contributed by atoms with van der Waals surface area (Å²) in [7, 11) is 0. The number of hydrogen-bond acceptors (Lipinski definition) is 3. The van der Waals surface area contributed by atoms with Crippen LogP contribution in [0, 0.1) is 11.3 Å². The molecule has 4 heteroatoms. The number of nitriles is 1. The second kappa shape index (κ2) is 5.38. The van der Waals surface area contributed by atoms with E-state index in [1.165, 1.54) is 0 Å². The molecule has 0 bridgehead atoms. The maximum Gasteiger partial charge on any atom is 0.148 e. The van der Waals surface area contributed by atoms with Gasteiger partial charge >= 0.3 is 0 Å². The summed E-state index contributed by atoms with van der Waals surface area (Å²) in [6.07, 6.45) is 3.25. The molecular formula is C16H17N3O. The van der Waals surface area contributed by atoms with Gasteiger partial charge in [0, 0.05) is 18.5 Å². The van der Waals surface area contributed by atoms with Crippen LogP contribution in [0.5, 0.6) is 5.75 Å². The van der Waals surface area contributed by atoms with Crippen LogP contribution >= 0.6 is 0 Å². The van der Waals surface area contributed by atoms with Crippen LogP contribution in [-0.4, -0.2) is 16.2 Å². The molecule has 3 rings (SSSR count). The fourth-order valence-corrected chi connectivity index (χ4v) is 2.67. The Bertz CT molecular complexity index is 650. The first-order valence-corrected chi connectivity index (χ1v) is 7.06. The lowest BCUT2D eigenvalue weighted by molar-refractivity contribution is 0.340. The van der Waals surface area contributed by atoms with E-state index < -0.39 is 0 Å². The van der Waals surface area contributed by atoms with Gasteiger partial charge in [0.2, 0.25) is 0 Å². The average molecular weight is 267 g/mol. The lowest BCUT2D eigenvalue weighted by Gasteiger charge is -2.13. The fourth-order valence-electron chi connectivity index (χ4n) is 2.67. The summed E-state index contributed by atoms with van der Waals surface area (Å²) < 4.78 is 7.51. The SMILES string of the molecule is CCOc1ccc(-c2nc3n(c2C#N)CCCC3)cc1. The highest BCUT2D eigenvalue weighted by Crippen LogP contribution is 2.28. The molecule has 2 aromatic rings. The molecule has 1 aliphatic rings. The lowest BCUT2D eigenvalue weighted by Crippen LogP contribution is -2.11. The van der Waals surface area contributed by atoms with Crippen molar-refractivity contribution in [3.63, 3.8) is 0 Å². The summed E-state index contributed by atoms with van der Waals surface area (Å²) in [4.78, 5) is 4.67. The molecule has 0 saturated carbocycles. The summed E-state index contributed by atoms with van der Waals surface area (Å²) in [6.45, 7) is 3.52. The number of rotatable bonds is 3. The zero-order valence-corrected chi connectivity index (χ0v) is 11.6. The zero-order valence-electron chi connectivity index (χ0n) is 11.6. The molecule has 102 valence electrons. The van der Waals surface area contributed by atoms with Crippen molar-refractivity contribution in [3.8, 4) is 23.1 Å². The lowest BCUT2D eigenvalue weighted by atomic mass is 10.1. The Morgan fingerprint density at radius 1 is 1.30 bits per heavy atom. The molecule has 20 heavy (non-hydrogen) atoms. The summed E-state index contributed by atoms with van der Waals surface area (Å²) >= 11 is 0. The minimum absolute atomic E-state index is 0.654. The normalized spacial score (nSPS) is 13.6. The summed E-state index contributed by atoms with van der Waals surface area (Å²) in [5, 5.41) is 9.43. The third kappa shape index (κ3) is 2.16. The van der Waals surface area contributed by atoms with Crippen molar-refractivity contribution in [3.05, 3.63) is 35.8 Å². The van der Waals surface area contributed by atoms with Crippen LogP contribution in [-0.2, 0) is 13.0 Å². The largest absolute Gasteiger partial charge is 0.494 e. The molecule has 0 N–H and O–H groups in total. The number of ether oxygens (including phenoxy) is 1. The summed E-state index contributed by atoms with van der Waals surface area (Å²) in [6, 6.07) is 10.1. The van der Waals surface area contributed by atoms with Gasteiger partial charge in [-0.1, -0.05) is 0 Å². The predicted molar refractivity (Wildman–Crippen MR) is 76.5 cm³/mol. The highest BCUT2D eigenvalue weighted by molar-refractivity contribution is 5.66. The van der Waals surface area contributed by atoms with Gasteiger partial charge in [0.1, 0.15) is 29.0 Å². The van der Waals surface area contributed by atoms with Gasteiger partial charge in [-0.05, 0) is 44.0 Å². The van der Waals surface area contributed by atoms with E-state index in [4.69, 9.17) is 4.74 Å². The van der Waals surface area contributed by atoms with E-state index >= 15 is 0 Å². The molecule has 0 radical (unpaired) electrons. The van der Waals surface area contributed by atoms with E-state index in [1.807, 2.05) is 31.2 Å². The Balaban J connectivity index is 2.01. The van der Waals surface area contributed by atoms with Crippen LogP contribution in [0.4, 0.5) is 0 Å². The quantitative estimate of drug-likeness (QED) is 0.858. The van der Waals surface area contributed by atoms with E-state index in [9.17, 15) is 5.26 Å². The van der Waals surface area contributed by atoms with Crippen molar-refractivity contribution in [2.45, 2.75) is 32.7 Å². The fraction of sp³-hybridized carbons (Fsp3) is 0.375. The molecule has 1 aromatic carbocycles. The van der Waals surface area contributed by atoms with Crippen molar-refractivity contribution in [1.82, 2.24) is 9.55 Å². The molecular weight excluding hydrogens is 250 g/mol. The summed E-state index contributed by atoms with van der Waals surface area (Å²) in [5.41, 5.74) is 2.46. The van der Waals surface area contributed by atoms with Gasteiger partial charge in [-0.3, -0.25) is 0 Å². The molecule has 0 unspecified atom stereocenters. The minimum atomic E-state index is 0.654. The van der Waals surface area contributed by atoms with Crippen molar-refractivity contribution >= 4 is 0 Å². The van der Waals surface area contributed by atoms with Crippen LogP contribution in [0.25, 0.3) is 11.3 Å². The van der Waals surface area contributed by atoms with E-state index in [0.717, 1.165) is 48.6 Å². The van der Waals surface area contributed by atoms with Gasteiger partial charge in [-0.2, -0.15) is 5.26 Å². The van der Waals surface area contributed by atoms with E-state index in [-0.39, 0.29) is 0 Å². The molecule has 0 aliphatic carbocycles. The topological polar surface area (TPSA) is 50.8 Å². The van der Waals surface area contributed by atoms with Crippen molar-refractivity contribution < 1.29 is 4.74 Å². The molecule has 1 aromatic heterocycles. The van der Waals surface area contributed by atoms with Gasteiger partial charge in [-0.25, -0.2) is 4.98 Å². The molecule has 0 fully saturated rings. The number of aryl methyl sites for hydroxylation is 1. The van der Waals surface area contributed by atoms with Gasteiger partial charge in [-0.15, -0.1) is 0 Å². The molecule has 1 aliphatic heterocycles. The van der Waals surface area contributed by atoms with Crippen LogP contribution in [0.15, 0.2) is 24.3 Å². The van der Waals surface area contributed by atoms with Crippen molar-refractivity contribution in [2.24, 2.45) is 0 Å². The first-order valence-electron chi connectivity index (χ1n) is 7.06. The number of aromatic nitrogens is 2. The van der Waals surface area contributed by atoms with Crippen molar-refractivity contribution in [1.29, 1.82) is 5.26 Å².